The molecule has 0 aromatic heterocycles. The number of hydrogen-bond acceptors (Lipinski definition) is 3. The molecule has 0 bridgehead atoms. The Morgan fingerprint density at radius 1 is 1.14 bits per heavy atom. The second-order valence-corrected chi connectivity index (χ2v) is 7.97. The molecule has 0 aliphatic carbocycles. The first-order valence-corrected chi connectivity index (χ1v) is 8.05. The summed E-state index contributed by atoms with van der Waals surface area (Å²) < 4.78 is 16.5. The Balaban J connectivity index is 2.48. The van der Waals surface area contributed by atoms with E-state index < -0.39 is 21.5 Å². The Hall–Kier alpha value is 1.02. The maximum absolute atomic E-state index is 5.82. The topological polar surface area (TPSA) is 27.7 Å². The van der Waals surface area contributed by atoms with Crippen molar-refractivity contribution in [3.63, 3.8) is 0 Å². The van der Waals surface area contributed by atoms with Gasteiger partial charge in [-0.1, -0.05) is 0 Å². The third-order valence-corrected chi connectivity index (χ3v) is 5.94. The van der Waals surface area contributed by atoms with Gasteiger partial charge < -0.3 is 0 Å². The van der Waals surface area contributed by atoms with E-state index in [1.165, 1.54) is 0 Å². The molecule has 82 valence electrons. The number of hydrogen-bond donors (Lipinski definition) is 0. The first kappa shape index (κ1) is 13.1. The standard InChI is InChI=1S/C4H4Cl2O2.C4H9O.Sb/c5-3(1-7)4(6)2-8;1-4(2,3)5;/h1-2H2;1-3H3;/q-2;-1;+3. The Morgan fingerprint density at radius 2 is 1.57 bits per heavy atom. The van der Waals surface area contributed by atoms with Crippen LogP contribution in [0.25, 0.3) is 0 Å². The van der Waals surface area contributed by atoms with Gasteiger partial charge in [-0.05, 0) is 0 Å². The zero-order chi connectivity index (χ0) is 10.8. The summed E-state index contributed by atoms with van der Waals surface area (Å²) >= 11 is 9.13. The van der Waals surface area contributed by atoms with Crippen molar-refractivity contribution in [1.29, 1.82) is 0 Å². The molecule has 0 saturated heterocycles. The minimum absolute atomic E-state index is 0.244. The molecule has 1 rings (SSSR count). The quantitative estimate of drug-likeness (QED) is 0.681. The molecule has 0 radical (unpaired) electrons. The Morgan fingerprint density at radius 3 is 1.93 bits per heavy atom. The van der Waals surface area contributed by atoms with Gasteiger partial charge in [0.15, 0.2) is 0 Å². The second-order valence-electron chi connectivity index (χ2n) is 3.78. The van der Waals surface area contributed by atoms with E-state index in [1.807, 2.05) is 20.8 Å². The van der Waals surface area contributed by atoms with Crippen LogP contribution in [0, 0.1) is 0 Å². The Kier molecular flexibility index (Phi) is 5.03. The van der Waals surface area contributed by atoms with E-state index in [9.17, 15) is 0 Å². The van der Waals surface area contributed by atoms with Crippen LogP contribution in [0.1, 0.15) is 20.8 Å². The van der Waals surface area contributed by atoms with Gasteiger partial charge in [0, 0.05) is 0 Å². The summed E-state index contributed by atoms with van der Waals surface area (Å²) in [6.45, 7) is 6.50. The van der Waals surface area contributed by atoms with E-state index in [0.29, 0.717) is 23.3 Å². The molecular formula is C8H13Cl2O3Sb. The molecule has 0 atom stereocenters. The SMILES string of the molecule is CC(C)(C)[O][Sb]1[O]CC(Cl)=C(Cl)C[O]1. The molecule has 1 aliphatic heterocycles. The summed E-state index contributed by atoms with van der Waals surface area (Å²) in [4.78, 5) is 0. The summed E-state index contributed by atoms with van der Waals surface area (Å²) in [5.41, 5.74) is -0.244. The average Bonchev–Trinajstić information content (AvgIpc) is 2.17. The summed E-state index contributed by atoms with van der Waals surface area (Å²) in [5, 5.41) is 1.02. The van der Waals surface area contributed by atoms with E-state index in [1.54, 1.807) is 0 Å². The third kappa shape index (κ3) is 4.69. The molecule has 3 nitrogen and oxygen atoms in total. The van der Waals surface area contributed by atoms with Crippen LogP contribution in [-0.2, 0) is 9.05 Å². The van der Waals surface area contributed by atoms with Crippen LogP contribution in [0.3, 0.4) is 0 Å². The number of rotatable bonds is 1. The number of halogens is 2. The van der Waals surface area contributed by atoms with Crippen molar-refractivity contribution in [2.75, 3.05) is 13.2 Å². The monoisotopic (exact) mass is 348 g/mol. The molecule has 0 aromatic rings. The van der Waals surface area contributed by atoms with E-state index in [-0.39, 0.29) is 5.60 Å². The van der Waals surface area contributed by atoms with Crippen LogP contribution in [-0.4, -0.2) is 40.3 Å². The van der Waals surface area contributed by atoms with Crippen molar-refractivity contribution in [3.8, 4) is 0 Å². The van der Waals surface area contributed by atoms with E-state index in [0.717, 1.165) is 0 Å². The van der Waals surface area contributed by atoms with Crippen LogP contribution >= 0.6 is 23.2 Å². The van der Waals surface area contributed by atoms with Crippen LogP contribution in [0.5, 0.6) is 0 Å². The van der Waals surface area contributed by atoms with Gasteiger partial charge >= 0.3 is 103 Å². The second kappa shape index (κ2) is 5.38. The molecule has 14 heavy (non-hydrogen) atoms. The van der Waals surface area contributed by atoms with Crippen molar-refractivity contribution in [3.05, 3.63) is 10.1 Å². The van der Waals surface area contributed by atoms with Crippen LogP contribution in [0.2, 0.25) is 0 Å². The minimum atomic E-state index is -2.52. The van der Waals surface area contributed by atoms with Gasteiger partial charge in [-0.15, -0.1) is 0 Å². The van der Waals surface area contributed by atoms with Crippen molar-refractivity contribution >= 4 is 44.7 Å². The predicted octanol–water partition coefficient (Wildman–Crippen LogP) is 2.52. The first-order valence-electron chi connectivity index (χ1n) is 4.16. The van der Waals surface area contributed by atoms with Crippen LogP contribution in [0.4, 0.5) is 0 Å². The molecule has 0 spiro atoms. The van der Waals surface area contributed by atoms with Gasteiger partial charge in [0.1, 0.15) is 0 Å². The molecule has 0 N–H and O–H groups in total. The first-order chi connectivity index (χ1) is 6.38. The predicted molar refractivity (Wildman–Crippen MR) is 57.2 cm³/mol. The average molecular weight is 350 g/mol. The molecule has 0 aromatic carbocycles. The van der Waals surface area contributed by atoms with Crippen molar-refractivity contribution in [2.24, 2.45) is 0 Å². The molecule has 0 unspecified atom stereocenters. The van der Waals surface area contributed by atoms with Crippen molar-refractivity contribution < 1.29 is 9.05 Å². The van der Waals surface area contributed by atoms with Gasteiger partial charge in [0.2, 0.25) is 0 Å². The van der Waals surface area contributed by atoms with Crippen molar-refractivity contribution in [2.45, 2.75) is 26.4 Å². The van der Waals surface area contributed by atoms with Crippen LogP contribution < -0.4 is 0 Å². The molecule has 6 heteroatoms. The summed E-state index contributed by atoms with van der Waals surface area (Å²) in [6, 6.07) is 0. The van der Waals surface area contributed by atoms with Crippen LogP contribution in [0.15, 0.2) is 10.1 Å². The zero-order valence-electron chi connectivity index (χ0n) is 8.34. The maximum atomic E-state index is 5.82. The fourth-order valence-corrected chi connectivity index (χ4v) is 4.49. The summed E-state index contributed by atoms with van der Waals surface area (Å²) in [7, 11) is 0. The van der Waals surface area contributed by atoms with Crippen molar-refractivity contribution in [1.82, 2.24) is 0 Å². The molecule has 1 heterocycles. The fraction of sp³-hybridized carbons (Fsp3) is 0.750. The van der Waals surface area contributed by atoms with Gasteiger partial charge in [-0.25, -0.2) is 0 Å². The third-order valence-electron chi connectivity index (χ3n) is 1.24. The van der Waals surface area contributed by atoms with Gasteiger partial charge in [0.05, 0.1) is 0 Å². The molecular weight excluding hydrogens is 337 g/mol. The molecule has 0 fully saturated rings. The fourth-order valence-electron chi connectivity index (χ4n) is 0.689. The van der Waals surface area contributed by atoms with E-state index in [2.05, 4.69) is 0 Å². The molecule has 0 amide bonds. The Bertz CT molecular complexity index is 221. The summed E-state index contributed by atoms with van der Waals surface area (Å²) in [5.74, 6) is 0. The Labute approximate surface area is 103 Å². The normalized spacial score (nSPS) is 21.2. The molecule has 1 aliphatic rings. The van der Waals surface area contributed by atoms with Gasteiger partial charge in [0.25, 0.3) is 0 Å². The van der Waals surface area contributed by atoms with Gasteiger partial charge in [-0.3, -0.25) is 0 Å². The molecule has 0 saturated carbocycles. The van der Waals surface area contributed by atoms with E-state index >= 15 is 0 Å². The summed E-state index contributed by atoms with van der Waals surface area (Å²) in [6.07, 6.45) is 0. The van der Waals surface area contributed by atoms with Gasteiger partial charge in [-0.2, -0.15) is 0 Å². The zero-order valence-corrected chi connectivity index (χ0v) is 12.4. The van der Waals surface area contributed by atoms with E-state index in [4.69, 9.17) is 32.2 Å².